The van der Waals surface area contributed by atoms with E-state index in [-0.39, 0.29) is 17.3 Å². The number of nitrogens with one attached hydrogen (secondary N) is 1. The van der Waals surface area contributed by atoms with E-state index in [1.54, 1.807) is 36.4 Å². The highest BCUT2D eigenvalue weighted by atomic mass is 32.2. The molecule has 7 heteroatoms. The number of nitrogens with zero attached hydrogens (tertiary/aromatic N) is 1. The molecule has 3 rings (SSSR count). The van der Waals surface area contributed by atoms with Gasteiger partial charge in [-0.1, -0.05) is 54.7 Å². The SMILES string of the molecule is Cc1ccc(N(CC(=O)NCCSC2CCCCC2)S(=O)(=O)c2ccc(C)cc2)cc1. The van der Waals surface area contributed by atoms with Crippen molar-refractivity contribution < 1.29 is 13.2 Å². The van der Waals surface area contributed by atoms with E-state index in [0.29, 0.717) is 17.5 Å². The number of aryl methyl sites for hydroxylation is 2. The van der Waals surface area contributed by atoms with Crippen molar-refractivity contribution in [3.05, 3.63) is 59.7 Å². The van der Waals surface area contributed by atoms with Gasteiger partial charge in [-0.05, 0) is 51.0 Å². The number of anilines is 1. The number of rotatable bonds is 9. The van der Waals surface area contributed by atoms with E-state index in [1.165, 1.54) is 36.4 Å². The minimum atomic E-state index is -3.86. The molecule has 1 fully saturated rings. The van der Waals surface area contributed by atoms with Gasteiger partial charge in [0.2, 0.25) is 5.91 Å². The van der Waals surface area contributed by atoms with Crippen LogP contribution in [-0.4, -0.2) is 38.4 Å². The summed E-state index contributed by atoms with van der Waals surface area (Å²) in [7, 11) is -3.86. The molecular weight excluding hydrogens is 428 g/mol. The lowest BCUT2D eigenvalue weighted by atomic mass is 10.0. The predicted molar refractivity (Wildman–Crippen MR) is 129 cm³/mol. The number of benzene rings is 2. The van der Waals surface area contributed by atoms with E-state index >= 15 is 0 Å². The quantitative estimate of drug-likeness (QED) is 0.552. The number of carbonyl (C=O) groups excluding carboxylic acids is 1. The maximum absolute atomic E-state index is 13.3. The number of thioether (sulfide) groups is 1. The minimum Gasteiger partial charge on any atom is -0.354 e. The summed E-state index contributed by atoms with van der Waals surface area (Å²) in [5.41, 5.74) is 2.49. The van der Waals surface area contributed by atoms with Crippen LogP contribution in [0.4, 0.5) is 5.69 Å². The molecule has 0 unspecified atom stereocenters. The van der Waals surface area contributed by atoms with Crippen LogP contribution in [0.15, 0.2) is 53.4 Å². The monoisotopic (exact) mass is 460 g/mol. The van der Waals surface area contributed by atoms with Gasteiger partial charge in [-0.25, -0.2) is 8.42 Å². The molecule has 168 valence electrons. The van der Waals surface area contributed by atoms with Gasteiger partial charge in [0.25, 0.3) is 10.0 Å². The van der Waals surface area contributed by atoms with Crippen molar-refractivity contribution in [2.75, 3.05) is 23.1 Å². The Balaban J connectivity index is 1.67. The van der Waals surface area contributed by atoms with E-state index in [2.05, 4.69) is 5.32 Å². The molecule has 0 aromatic heterocycles. The molecule has 1 amide bonds. The fraction of sp³-hybridized carbons (Fsp3) is 0.458. The lowest BCUT2D eigenvalue weighted by molar-refractivity contribution is -0.119. The second-order valence-electron chi connectivity index (χ2n) is 8.14. The van der Waals surface area contributed by atoms with Crippen molar-refractivity contribution in [2.24, 2.45) is 0 Å². The molecule has 2 aromatic carbocycles. The zero-order chi connectivity index (χ0) is 22.3. The fourth-order valence-electron chi connectivity index (χ4n) is 3.70. The maximum Gasteiger partial charge on any atom is 0.264 e. The molecule has 0 atom stereocenters. The first kappa shape index (κ1) is 23.7. The predicted octanol–water partition coefficient (Wildman–Crippen LogP) is 4.68. The highest BCUT2D eigenvalue weighted by Gasteiger charge is 2.27. The van der Waals surface area contributed by atoms with Gasteiger partial charge in [0, 0.05) is 17.5 Å². The van der Waals surface area contributed by atoms with Crippen molar-refractivity contribution in [1.29, 1.82) is 0 Å². The number of hydrogen-bond donors (Lipinski definition) is 1. The van der Waals surface area contributed by atoms with Crippen molar-refractivity contribution in [1.82, 2.24) is 5.32 Å². The number of sulfonamides is 1. The summed E-state index contributed by atoms with van der Waals surface area (Å²) in [4.78, 5) is 12.8. The van der Waals surface area contributed by atoms with Crippen LogP contribution in [0.3, 0.4) is 0 Å². The van der Waals surface area contributed by atoms with Gasteiger partial charge in [0.05, 0.1) is 10.6 Å². The third-order valence-electron chi connectivity index (χ3n) is 5.55. The Bertz CT molecular complexity index is 951. The summed E-state index contributed by atoms with van der Waals surface area (Å²) < 4.78 is 27.9. The Hall–Kier alpha value is -1.99. The Morgan fingerprint density at radius 2 is 1.55 bits per heavy atom. The molecule has 0 radical (unpaired) electrons. The lowest BCUT2D eigenvalue weighted by Gasteiger charge is -2.24. The average Bonchev–Trinajstić information content (AvgIpc) is 2.77. The molecule has 0 spiro atoms. The van der Waals surface area contributed by atoms with Gasteiger partial charge in [0.15, 0.2) is 0 Å². The number of carbonyl (C=O) groups is 1. The van der Waals surface area contributed by atoms with Gasteiger partial charge in [0.1, 0.15) is 6.54 Å². The smallest absolute Gasteiger partial charge is 0.264 e. The third kappa shape index (κ3) is 6.74. The van der Waals surface area contributed by atoms with Crippen LogP contribution in [0, 0.1) is 13.8 Å². The Labute approximate surface area is 190 Å². The van der Waals surface area contributed by atoms with E-state index < -0.39 is 10.0 Å². The molecule has 1 aliphatic carbocycles. The van der Waals surface area contributed by atoms with E-state index in [1.807, 2.05) is 37.7 Å². The van der Waals surface area contributed by atoms with Crippen LogP contribution in [0.2, 0.25) is 0 Å². The topological polar surface area (TPSA) is 66.5 Å². The second kappa shape index (κ2) is 11.0. The Kier molecular flexibility index (Phi) is 8.43. The normalized spacial score (nSPS) is 14.9. The lowest BCUT2D eigenvalue weighted by Crippen LogP contribution is -2.41. The zero-order valence-electron chi connectivity index (χ0n) is 18.3. The molecule has 1 saturated carbocycles. The van der Waals surface area contributed by atoms with Gasteiger partial charge in [-0.3, -0.25) is 9.10 Å². The van der Waals surface area contributed by atoms with Crippen molar-refractivity contribution in [3.63, 3.8) is 0 Å². The molecule has 1 aliphatic rings. The van der Waals surface area contributed by atoms with E-state index in [0.717, 1.165) is 16.9 Å². The maximum atomic E-state index is 13.3. The summed E-state index contributed by atoms with van der Waals surface area (Å²) in [6, 6.07) is 13.9. The molecule has 31 heavy (non-hydrogen) atoms. The number of amides is 1. The molecule has 1 N–H and O–H groups in total. The summed E-state index contributed by atoms with van der Waals surface area (Å²) in [6.45, 7) is 4.16. The fourth-order valence-corrected chi connectivity index (χ4v) is 6.34. The third-order valence-corrected chi connectivity index (χ3v) is 8.72. The Morgan fingerprint density at radius 3 is 2.16 bits per heavy atom. The average molecular weight is 461 g/mol. The molecular formula is C24H32N2O3S2. The molecule has 0 bridgehead atoms. The second-order valence-corrected chi connectivity index (χ2v) is 11.4. The van der Waals surface area contributed by atoms with Crippen LogP contribution in [0.1, 0.15) is 43.2 Å². The molecule has 0 aliphatic heterocycles. The number of hydrogen-bond acceptors (Lipinski definition) is 4. The van der Waals surface area contributed by atoms with Crippen LogP contribution >= 0.6 is 11.8 Å². The van der Waals surface area contributed by atoms with Crippen LogP contribution in [0.5, 0.6) is 0 Å². The van der Waals surface area contributed by atoms with Crippen LogP contribution < -0.4 is 9.62 Å². The van der Waals surface area contributed by atoms with E-state index in [4.69, 9.17) is 0 Å². The van der Waals surface area contributed by atoms with Crippen molar-refractivity contribution in [2.45, 2.75) is 56.1 Å². The first-order chi connectivity index (χ1) is 14.9. The van der Waals surface area contributed by atoms with Gasteiger partial charge in [-0.15, -0.1) is 0 Å². The van der Waals surface area contributed by atoms with Crippen molar-refractivity contribution in [3.8, 4) is 0 Å². The van der Waals surface area contributed by atoms with Gasteiger partial charge >= 0.3 is 0 Å². The minimum absolute atomic E-state index is 0.180. The zero-order valence-corrected chi connectivity index (χ0v) is 20.0. The largest absolute Gasteiger partial charge is 0.354 e. The highest BCUT2D eigenvalue weighted by molar-refractivity contribution is 7.99. The standard InChI is InChI=1S/C24H32N2O3S2/c1-19-8-12-21(13-9-19)26(31(28,29)23-14-10-20(2)11-15-23)18-24(27)25-16-17-30-22-6-4-3-5-7-22/h8-15,22H,3-7,16-18H2,1-2H3,(H,25,27). The summed E-state index contributed by atoms with van der Waals surface area (Å²) >= 11 is 1.91. The molecule has 2 aromatic rings. The summed E-state index contributed by atoms with van der Waals surface area (Å²) in [5, 5.41) is 3.59. The first-order valence-electron chi connectivity index (χ1n) is 10.9. The van der Waals surface area contributed by atoms with E-state index in [9.17, 15) is 13.2 Å². The van der Waals surface area contributed by atoms with Gasteiger partial charge < -0.3 is 5.32 Å². The summed E-state index contributed by atoms with van der Waals surface area (Å²) in [6.07, 6.45) is 6.44. The van der Waals surface area contributed by atoms with Crippen molar-refractivity contribution >= 4 is 33.4 Å². The Morgan fingerprint density at radius 1 is 0.968 bits per heavy atom. The van der Waals surface area contributed by atoms with Crippen LogP contribution in [-0.2, 0) is 14.8 Å². The highest BCUT2D eigenvalue weighted by Crippen LogP contribution is 2.28. The molecule has 0 heterocycles. The first-order valence-corrected chi connectivity index (χ1v) is 13.4. The molecule has 5 nitrogen and oxygen atoms in total. The summed E-state index contributed by atoms with van der Waals surface area (Å²) in [5.74, 6) is 0.562. The van der Waals surface area contributed by atoms with Crippen LogP contribution in [0.25, 0.3) is 0 Å². The molecule has 0 saturated heterocycles. The van der Waals surface area contributed by atoms with Gasteiger partial charge in [-0.2, -0.15) is 11.8 Å².